The van der Waals surface area contributed by atoms with Crippen molar-refractivity contribution in [1.29, 1.82) is 0 Å². The standard InChI is InChI=1S/C25H41FN3O11P.C23H37FN3O11P.C13H20FN3O4.C12H23O8P.C6H15N.CH3BOP/c1-10-25(18(30)17(26)19(40-25)29-12-11-16(28(8)9)27-22(29)33)13-37-41(34,38-14-35-20(31)23(2,3)4)39-15-36-21(32)24(5,6)7;1-8-23(16(28)15(24)17(38-23)27-10-9-14(25)26-20(27)31)11-35-39(32,36-12-33-18(29)21(2,3)4)37-13-34-19(30)22(5,6)7;1-4-13(7-18)10(19)9(14)11(21-13)17-6-5-8(16(2)3)15-12(17)20;1-11(2,3)9(13)17-7-19-21(15,16)20-8-18-10(14)12(4,5)6;1-4-7(5-2)6-3;1-2-4-3/h11-12,17-19,30H,10,13-15H2,1-9H3;9-10,15-17,28H,8,11-13H2,1-7H3,(H2,25,26,31);5-6,9-11,18-19H,4,7H2,1-3H3;7-8H2,1-6H3,(H,15,16);4-6H2,1-3H3;1H3/t17-,18+,19-,25-;15-,16+,17-,23-;9-,10+,11-,13-;;;/m111.../s1/i8T;;2T;;;. The highest BCUT2D eigenvalue weighted by Gasteiger charge is 2.59. The molecule has 133 heavy (non-hydrogen) atoms. The number of phosphoric ester groups is 3. The monoisotopic (exact) mass is 2000 g/mol. The van der Waals surface area contributed by atoms with E-state index >= 15 is 8.78 Å². The first-order chi connectivity index (χ1) is 62.1. The Bertz CT molecular complexity index is 4480. The molecule has 0 amide bonds. The number of esters is 6. The smallest absolute Gasteiger partial charge is 0.437 e. The number of phosphoric acid groups is 3. The van der Waals surface area contributed by atoms with Crippen LogP contribution in [0.1, 0.15) is 207 Å². The van der Waals surface area contributed by atoms with Crippen molar-refractivity contribution in [3.05, 3.63) is 68.2 Å². The Kier molecular flexibility index (Phi) is 48.4. The summed E-state index contributed by atoms with van der Waals surface area (Å²) in [6, 6.07) is 4.09. The second kappa shape index (κ2) is 53.7. The molecular formula is C80H139BF3N10O35P4. The number of hydrogen-bond donors (Lipinski definition) is 6. The number of ether oxygens (including phenoxy) is 9. The van der Waals surface area contributed by atoms with E-state index in [2.05, 4.69) is 59.1 Å². The van der Waals surface area contributed by atoms with Crippen molar-refractivity contribution in [3.8, 4) is 0 Å². The highest BCUT2D eigenvalue weighted by atomic mass is 31.2. The van der Waals surface area contributed by atoms with Gasteiger partial charge < -0.3 is 88.4 Å². The topological polar surface area (TPSA) is 569 Å². The second-order valence-corrected chi connectivity index (χ2v) is 41.5. The first kappa shape index (κ1) is 120. The molecule has 3 saturated heterocycles. The van der Waals surface area contributed by atoms with Gasteiger partial charge in [-0.15, -0.1) is 0 Å². The highest BCUT2D eigenvalue weighted by molar-refractivity contribution is 7.60. The van der Waals surface area contributed by atoms with E-state index < -0.39 is 242 Å². The number of rotatable bonds is 37. The number of nitrogens with two attached hydrogens (primary N) is 1. The van der Waals surface area contributed by atoms with E-state index in [-0.39, 0.29) is 59.1 Å². The van der Waals surface area contributed by atoms with Crippen LogP contribution in [0, 0.1) is 32.5 Å². The summed E-state index contributed by atoms with van der Waals surface area (Å²) in [5.41, 5.74) is -7.29. The van der Waals surface area contributed by atoms with Crippen LogP contribution in [0.25, 0.3) is 0 Å². The van der Waals surface area contributed by atoms with Crippen molar-refractivity contribution in [2.75, 3.05) is 124 Å². The minimum Gasteiger partial charge on any atom is -0.437 e. The van der Waals surface area contributed by atoms with E-state index in [0.29, 0.717) is 0 Å². The van der Waals surface area contributed by atoms with Crippen LogP contribution < -0.4 is 32.6 Å². The summed E-state index contributed by atoms with van der Waals surface area (Å²) >= 11 is 0. The van der Waals surface area contributed by atoms with Gasteiger partial charge in [0.25, 0.3) is 0 Å². The molecule has 7 N–H and O–H groups in total. The third-order valence-electron chi connectivity index (χ3n) is 19.0. The average Bonchev–Trinajstić information content (AvgIpc) is 1.62. The lowest BCUT2D eigenvalue weighted by atomic mass is 9.94. The molecule has 3 aliphatic heterocycles. The molecule has 0 saturated carbocycles. The summed E-state index contributed by atoms with van der Waals surface area (Å²) in [5.74, 6) is -3.55. The third-order valence-corrected chi connectivity index (χ3v) is 22.7. The van der Waals surface area contributed by atoms with Crippen LogP contribution in [0.5, 0.6) is 0 Å². The molecule has 0 aliphatic carbocycles. The maximum absolute atomic E-state index is 15.4. The number of aliphatic hydroxyl groups is 4. The Balaban J connectivity index is 0.000000896. The third kappa shape index (κ3) is 39.0. The van der Waals surface area contributed by atoms with Gasteiger partial charge in [-0.3, -0.25) is 56.1 Å². The van der Waals surface area contributed by atoms with Crippen molar-refractivity contribution >= 4 is 92.1 Å². The summed E-state index contributed by atoms with van der Waals surface area (Å²) in [7, 11) is -10.8. The molecule has 3 aromatic heterocycles. The zero-order chi connectivity index (χ0) is 104. The molecule has 12 atom stereocenters. The first-order valence-corrected chi connectivity index (χ1v) is 47.1. The number of alkyl halides is 3. The van der Waals surface area contributed by atoms with Crippen molar-refractivity contribution in [3.63, 3.8) is 0 Å². The molecule has 53 heteroatoms. The second-order valence-electron chi connectivity index (χ2n) is 36.0. The maximum atomic E-state index is 15.4. The number of nitrogen functional groups attached to an aromatic ring is 1. The Morgan fingerprint density at radius 2 is 0.714 bits per heavy atom. The van der Waals surface area contributed by atoms with E-state index in [1.807, 2.05) is 0 Å². The largest absolute Gasteiger partial charge is 0.480 e. The van der Waals surface area contributed by atoms with Gasteiger partial charge in [-0.05, 0) is 182 Å². The molecule has 6 rings (SSSR count). The van der Waals surface area contributed by atoms with Crippen molar-refractivity contribution in [2.45, 2.75) is 265 Å². The summed E-state index contributed by atoms with van der Waals surface area (Å²) in [5, 5.41) is 40.9. The Labute approximate surface area is 778 Å². The number of halogens is 3. The normalized spacial score (nSPS) is 22.3. The summed E-state index contributed by atoms with van der Waals surface area (Å²) in [4.78, 5) is 134. The van der Waals surface area contributed by atoms with Crippen LogP contribution in [-0.4, -0.2) is 264 Å². The number of carbonyl (C=O) groups is 6. The molecule has 3 fully saturated rings. The predicted molar refractivity (Wildman–Crippen MR) is 476 cm³/mol. The Morgan fingerprint density at radius 1 is 0.474 bits per heavy atom. The van der Waals surface area contributed by atoms with Gasteiger partial charge in [0.05, 0.1) is 60.6 Å². The van der Waals surface area contributed by atoms with Crippen molar-refractivity contribution < 1.29 is 167 Å². The maximum Gasteiger partial charge on any atom is 0.480 e. The van der Waals surface area contributed by atoms with E-state index in [4.69, 9.17) is 68.8 Å². The van der Waals surface area contributed by atoms with Crippen LogP contribution in [0.15, 0.2) is 51.2 Å². The van der Waals surface area contributed by atoms with Crippen LogP contribution in [-0.2, 0) is 126 Å². The molecule has 3 aliphatic rings. The lowest BCUT2D eigenvalue weighted by Gasteiger charge is -2.31. The van der Waals surface area contributed by atoms with Gasteiger partial charge in [0.2, 0.25) is 47.8 Å². The fourth-order valence-corrected chi connectivity index (χ4v) is 12.7. The molecule has 45 nitrogen and oxygen atoms in total. The number of aliphatic hydroxyl groups excluding tert-OH is 4. The predicted octanol–water partition coefficient (Wildman–Crippen LogP) is 9.58. The van der Waals surface area contributed by atoms with Crippen molar-refractivity contribution in [1.82, 2.24) is 33.6 Å². The summed E-state index contributed by atoms with van der Waals surface area (Å²) in [6.07, 6.45) is -12.2. The molecular weight excluding hydrogens is 1850 g/mol. The molecule has 0 unspecified atom stereocenters. The van der Waals surface area contributed by atoms with E-state index in [0.717, 1.165) is 19.9 Å². The Hall–Kier alpha value is -7.18. The highest BCUT2D eigenvalue weighted by Crippen LogP contribution is 2.55. The van der Waals surface area contributed by atoms with Gasteiger partial charge in [0.1, 0.15) is 52.6 Å². The molecule has 6 heterocycles. The number of nitrogens with zero attached hydrogens (tertiary/aromatic N) is 9. The lowest BCUT2D eigenvalue weighted by Crippen LogP contribution is -2.45. The van der Waals surface area contributed by atoms with E-state index in [1.54, 1.807) is 159 Å². The SMILES string of the molecule is CC(C)(C)C(=O)OCOP(=O)(O)OCOC(=O)C(C)(C)C.CCN(CC)CC.CC[C@]1(COP(=O)(OCOC(=O)C(C)(C)C)OCOC(=O)C(C)(C)C)O[C@@H](n2ccc(N)nc2=O)[C@H](F)[C@@H]1O.C[B]P=O.[3H]CN(C)c1ccn([C@@H]2O[C@](CC)(CO)[C@@H](O)[C@H]2F)c(=O)n1.[3H]CN(C)c1ccn([C@@H]2O[C@](CC)(COP(=O)(OCOC(=O)C(C)(C)C)OCOC(=O)C(C)(C)C)[C@@H](O)[C@H]2F)c(=O)n1. The van der Waals surface area contributed by atoms with Gasteiger partial charge in [-0.1, -0.05) is 48.4 Å². The van der Waals surface area contributed by atoms with E-state index in [1.165, 1.54) is 73.9 Å². The molecule has 763 valence electrons. The molecule has 1 radical (unpaired) electrons. The molecule has 3 aromatic rings. The number of anilines is 3. The summed E-state index contributed by atoms with van der Waals surface area (Å²) < 4.78 is 196. The minimum atomic E-state index is -4.69. The minimum absolute atomic E-state index is 0.0692. The molecule has 0 bridgehead atoms. The zero-order valence-corrected chi connectivity index (χ0v) is 84.3. The fourth-order valence-electron chi connectivity index (χ4n) is 10.4. The average molecular weight is 2000 g/mol. The van der Waals surface area contributed by atoms with Gasteiger partial charge in [0.15, 0.2) is 37.2 Å². The van der Waals surface area contributed by atoms with Crippen LogP contribution in [0.3, 0.4) is 0 Å². The summed E-state index contributed by atoms with van der Waals surface area (Å²) in [6.45, 7) is 39.9. The van der Waals surface area contributed by atoms with Crippen molar-refractivity contribution in [2.24, 2.45) is 32.5 Å². The molecule has 0 spiro atoms. The zero-order valence-electron chi connectivity index (χ0n) is 82.8. The van der Waals surface area contributed by atoms with Gasteiger partial charge in [0, 0.05) is 49.5 Å². The van der Waals surface area contributed by atoms with Crippen LogP contribution in [0.4, 0.5) is 30.6 Å². The lowest BCUT2D eigenvalue weighted by molar-refractivity contribution is -0.167. The van der Waals surface area contributed by atoms with Gasteiger partial charge in [-0.25, -0.2) is 68.4 Å². The fraction of sp³-hybridized carbons (Fsp3) is 0.775. The quantitative estimate of drug-likeness (QED) is 0.0103. The first-order valence-electron chi connectivity index (χ1n) is 43.2. The number of carbonyl (C=O) groups excluding carboxylic acids is 6. The van der Waals surface area contributed by atoms with Gasteiger partial charge in [-0.2, -0.15) is 15.0 Å². The van der Waals surface area contributed by atoms with Crippen LogP contribution in [0.2, 0.25) is 6.82 Å². The number of hydrogen-bond acceptors (Lipinski definition) is 41. The van der Waals surface area contributed by atoms with Crippen LogP contribution >= 0.6 is 31.8 Å². The molecule has 0 aromatic carbocycles. The van der Waals surface area contributed by atoms with E-state index in [9.17, 15) is 91.1 Å². The Morgan fingerprint density at radius 3 is 0.917 bits per heavy atom. The number of aromatic nitrogens is 6. The van der Waals surface area contributed by atoms with Gasteiger partial charge >= 0.3 is 76.4 Å².